The maximum Gasteiger partial charge on any atom is 0.123 e. The highest BCUT2D eigenvalue weighted by Crippen LogP contribution is 2.17. The molecular weight excluding hydrogens is 456 g/mol. The number of nitrogens with one attached hydrogen (secondary N) is 1. The van der Waals surface area contributed by atoms with Gasteiger partial charge in [0.1, 0.15) is 5.82 Å². The third-order valence-electron chi connectivity index (χ3n) is 5.52. The number of benzene rings is 2. The molecule has 0 radical (unpaired) electrons. The molecule has 0 amide bonds. The number of aliphatic hydroxyl groups is 1. The van der Waals surface area contributed by atoms with Crippen molar-refractivity contribution in [2.75, 3.05) is 13.7 Å². The number of nitrogens with zero attached hydrogens (tertiary/aromatic N) is 2. The first-order valence-electron chi connectivity index (χ1n) is 12.5. The van der Waals surface area contributed by atoms with Crippen molar-refractivity contribution in [3.63, 3.8) is 0 Å². The lowest BCUT2D eigenvalue weighted by molar-refractivity contribution is 0.283. The molecule has 3 aromatic rings. The third kappa shape index (κ3) is 11.6. The van der Waals surface area contributed by atoms with E-state index in [0.29, 0.717) is 6.33 Å². The molecule has 0 aliphatic heterocycles. The van der Waals surface area contributed by atoms with Crippen LogP contribution in [0, 0.1) is 12.7 Å². The van der Waals surface area contributed by atoms with Crippen LogP contribution in [0.5, 0.6) is 0 Å². The predicted molar refractivity (Wildman–Crippen MR) is 147 cm³/mol. The first-order chi connectivity index (χ1) is 17.4. The quantitative estimate of drug-likeness (QED) is 0.240. The molecule has 1 aromatic heterocycles. The highest BCUT2D eigenvalue weighted by molar-refractivity contribution is 5.75. The minimum Gasteiger partial charge on any atom is -0.396 e. The molecule has 2 aromatic carbocycles. The van der Waals surface area contributed by atoms with Gasteiger partial charge in [-0.15, -0.1) is 0 Å². The highest BCUT2D eigenvalue weighted by Gasteiger charge is 2.08. The lowest BCUT2D eigenvalue weighted by atomic mass is 10.1. The molecule has 0 saturated heterocycles. The lowest BCUT2D eigenvalue weighted by Crippen LogP contribution is -2.11. The summed E-state index contributed by atoms with van der Waals surface area (Å²) in [6, 6.07) is 13.0. The van der Waals surface area contributed by atoms with Gasteiger partial charge < -0.3 is 10.4 Å². The van der Waals surface area contributed by atoms with Crippen molar-refractivity contribution in [3.8, 4) is 0 Å². The normalized spacial score (nSPS) is 11.8. The lowest BCUT2D eigenvalue weighted by Gasteiger charge is -2.09. The molecular formula is C30H41F2N3O. The Morgan fingerprint density at radius 1 is 0.944 bits per heavy atom. The predicted octanol–water partition coefficient (Wildman–Crippen LogP) is 7.36. The Bertz CT molecular complexity index is 1060. The number of aromatic nitrogens is 2. The van der Waals surface area contributed by atoms with Gasteiger partial charge in [-0.25, -0.2) is 18.7 Å². The van der Waals surface area contributed by atoms with Gasteiger partial charge in [-0.3, -0.25) is 0 Å². The molecule has 0 fully saturated rings. The minimum absolute atomic E-state index is 0.183. The van der Waals surface area contributed by atoms with Crippen molar-refractivity contribution in [1.29, 1.82) is 0 Å². The second-order valence-electron chi connectivity index (χ2n) is 8.44. The van der Waals surface area contributed by atoms with Crippen molar-refractivity contribution in [2.24, 2.45) is 0 Å². The van der Waals surface area contributed by atoms with Crippen LogP contribution in [0.2, 0.25) is 0 Å². The summed E-state index contributed by atoms with van der Waals surface area (Å²) in [6.45, 7) is 8.04. The Morgan fingerprint density at radius 3 is 2.19 bits per heavy atom. The van der Waals surface area contributed by atoms with Crippen LogP contribution in [-0.4, -0.2) is 28.7 Å². The smallest absolute Gasteiger partial charge is 0.123 e. The SMILES string of the molecule is C/C=C/F.C/C=C\Cc1nc2ccc(C)cc2nc1CCCCCO.CNC(C)c1ccc(F)cc1. The maximum absolute atomic E-state index is 12.4. The zero-order chi connectivity index (χ0) is 26.8. The largest absolute Gasteiger partial charge is 0.396 e. The fourth-order valence-electron chi connectivity index (χ4n) is 3.33. The molecule has 6 heteroatoms. The molecule has 196 valence electrons. The van der Waals surface area contributed by atoms with Gasteiger partial charge in [0.15, 0.2) is 0 Å². The second kappa shape index (κ2) is 18.3. The average molecular weight is 498 g/mol. The molecule has 3 rings (SSSR count). The van der Waals surface area contributed by atoms with E-state index in [4.69, 9.17) is 15.1 Å². The van der Waals surface area contributed by atoms with Gasteiger partial charge >= 0.3 is 0 Å². The Labute approximate surface area is 215 Å². The molecule has 1 unspecified atom stereocenters. The Balaban J connectivity index is 0.000000360. The molecule has 0 aliphatic rings. The summed E-state index contributed by atoms with van der Waals surface area (Å²) in [4.78, 5) is 9.62. The molecule has 1 heterocycles. The van der Waals surface area contributed by atoms with Crippen LogP contribution in [0.1, 0.15) is 68.6 Å². The van der Waals surface area contributed by atoms with E-state index in [0.717, 1.165) is 60.1 Å². The van der Waals surface area contributed by atoms with Crippen molar-refractivity contribution in [2.45, 2.75) is 65.8 Å². The molecule has 0 spiro atoms. The zero-order valence-electron chi connectivity index (χ0n) is 22.3. The number of aryl methyl sites for hydroxylation is 2. The molecule has 0 saturated carbocycles. The number of halogens is 2. The van der Waals surface area contributed by atoms with E-state index in [1.807, 2.05) is 27.0 Å². The first kappa shape index (κ1) is 31.1. The van der Waals surface area contributed by atoms with Gasteiger partial charge in [-0.1, -0.05) is 42.8 Å². The number of rotatable bonds is 9. The van der Waals surface area contributed by atoms with E-state index in [-0.39, 0.29) is 18.5 Å². The van der Waals surface area contributed by atoms with Crippen LogP contribution < -0.4 is 5.32 Å². The molecule has 0 aliphatic carbocycles. The van der Waals surface area contributed by atoms with E-state index < -0.39 is 0 Å². The number of aliphatic hydroxyl groups excluding tert-OH is 1. The van der Waals surface area contributed by atoms with Crippen LogP contribution in [0.4, 0.5) is 8.78 Å². The topological polar surface area (TPSA) is 58.0 Å². The van der Waals surface area contributed by atoms with Crippen LogP contribution >= 0.6 is 0 Å². The molecule has 2 N–H and O–H groups in total. The zero-order valence-corrected chi connectivity index (χ0v) is 22.3. The van der Waals surface area contributed by atoms with Crippen molar-refractivity contribution < 1.29 is 13.9 Å². The van der Waals surface area contributed by atoms with Crippen molar-refractivity contribution in [3.05, 3.63) is 95.4 Å². The van der Waals surface area contributed by atoms with Gasteiger partial charge in [0.2, 0.25) is 0 Å². The maximum atomic E-state index is 12.4. The fourth-order valence-corrected chi connectivity index (χ4v) is 3.33. The summed E-state index contributed by atoms with van der Waals surface area (Å²) in [5, 5.41) is 11.9. The molecule has 4 nitrogen and oxygen atoms in total. The molecule has 1 atom stereocenters. The average Bonchev–Trinajstić information content (AvgIpc) is 2.90. The summed E-state index contributed by atoms with van der Waals surface area (Å²) < 4.78 is 23.0. The van der Waals surface area contributed by atoms with Gasteiger partial charge in [0.25, 0.3) is 0 Å². The number of unbranched alkanes of at least 4 members (excludes halogenated alkanes) is 2. The summed E-state index contributed by atoms with van der Waals surface area (Å²) in [7, 11) is 1.88. The summed E-state index contributed by atoms with van der Waals surface area (Å²) in [5.41, 5.74) is 6.45. The fraction of sp³-hybridized carbons (Fsp3) is 0.400. The van der Waals surface area contributed by atoms with Gasteiger partial charge in [-0.2, -0.15) is 0 Å². The van der Waals surface area contributed by atoms with Gasteiger partial charge in [0, 0.05) is 19.1 Å². The summed E-state index contributed by atoms with van der Waals surface area (Å²) in [5.74, 6) is -0.183. The molecule has 36 heavy (non-hydrogen) atoms. The van der Waals surface area contributed by atoms with E-state index >= 15 is 0 Å². The summed E-state index contributed by atoms with van der Waals surface area (Å²) >= 11 is 0. The minimum atomic E-state index is -0.183. The van der Waals surface area contributed by atoms with E-state index in [2.05, 4.69) is 36.5 Å². The number of hydrogen-bond donors (Lipinski definition) is 2. The first-order valence-corrected chi connectivity index (χ1v) is 12.5. The van der Waals surface area contributed by atoms with Crippen molar-refractivity contribution >= 4 is 11.0 Å². The Morgan fingerprint density at radius 2 is 1.61 bits per heavy atom. The Kier molecular flexibility index (Phi) is 15.8. The number of allylic oxidation sites excluding steroid dienone is 3. The standard InChI is InChI=1S/C18H24N2O.C9H12FN.C3H5F/c1-3-4-8-15-16(9-6-5-7-12-21)20-18-13-14(2)10-11-17(18)19-15;1-7(11-2)8-3-5-9(10)6-4-8;1-2-3-4/h3-4,10-11,13,21H,5-9,12H2,1-2H3;3-7,11H,1-2H3;2-3H,1H3/b4-3-;;3-2+. The van der Waals surface area contributed by atoms with Crippen LogP contribution in [0.25, 0.3) is 11.0 Å². The third-order valence-corrected chi connectivity index (χ3v) is 5.52. The number of hydrogen-bond acceptors (Lipinski definition) is 4. The van der Waals surface area contributed by atoms with Crippen LogP contribution in [0.3, 0.4) is 0 Å². The number of fused-ring (bicyclic) bond motifs is 1. The van der Waals surface area contributed by atoms with Crippen LogP contribution in [-0.2, 0) is 12.8 Å². The summed E-state index contributed by atoms with van der Waals surface area (Å²) in [6.07, 6.45) is 10.7. The van der Waals surface area contributed by atoms with E-state index in [1.165, 1.54) is 23.8 Å². The van der Waals surface area contributed by atoms with E-state index in [9.17, 15) is 8.78 Å². The van der Waals surface area contributed by atoms with Crippen LogP contribution in [0.15, 0.2) is 67.0 Å². The molecule has 0 bridgehead atoms. The van der Waals surface area contributed by atoms with Gasteiger partial charge in [0.05, 0.1) is 28.8 Å². The Hall–Kier alpha value is -2.96. The van der Waals surface area contributed by atoms with Crippen molar-refractivity contribution in [1.82, 2.24) is 15.3 Å². The highest BCUT2D eigenvalue weighted by atomic mass is 19.1. The van der Waals surface area contributed by atoms with E-state index in [1.54, 1.807) is 19.1 Å². The van der Waals surface area contributed by atoms with Gasteiger partial charge in [-0.05, 0) is 89.4 Å². The monoisotopic (exact) mass is 497 g/mol. The second-order valence-corrected chi connectivity index (χ2v) is 8.44.